The van der Waals surface area contributed by atoms with Gasteiger partial charge in [0.2, 0.25) is 0 Å². The second-order valence-corrected chi connectivity index (χ2v) is 3.39. The molecule has 0 aromatic heterocycles. The fourth-order valence-corrected chi connectivity index (χ4v) is 1.18. The summed E-state index contributed by atoms with van der Waals surface area (Å²) >= 11 is 0. The van der Waals surface area contributed by atoms with E-state index in [0.29, 0.717) is 0 Å². The molecule has 0 amide bonds. The molecule has 0 atom stereocenters. The van der Waals surface area contributed by atoms with E-state index in [2.05, 4.69) is 42.0 Å². The molecule has 0 aliphatic rings. The van der Waals surface area contributed by atoms with Crippen molar-refractivity contribution >= 4 is 6.21 Å². The van der Waals surface area contributed by atoms with Crippen LogP contribution >= 0.6 is 0 Å². The summed E-state index contributed by atoms with van der Waals surface area (Å²) < 4.78 is 0. The monoisotopic (exact) mass is 218 g/mol. The standard InChI is InChI=1S/C14H22N2/c1-5-8-14(9-6-2)12-16-13(4)11-15-10-7-3/h5,7-11,16H,3,6,12H2,1-2,4H3/b8-5-,13-11+,14-9+,15-10?. The summed E-state index contributed by atoms with van der Waals surface area (Å²) in [6.45, 7) is 10.6. The van der Waals surface area contributed by atoms with Gasteiger partial charge >= 0.3 is 0 Å². The zero-order valence-electron chi connectivity index (χ0n) is 10.5. The molecular formula is C14H22N2. The van der Waals surface area contributed by atoms with E-state index >= 15 is 0 Å². The second-order valence-electron chi connectivity index (χ2n) is 3.39. The zero-order valence-corrected chi connectivity index (χ0v) is 10.5. The minimum Gasteiger partial charge on any atom is -0.383 e. The van der Waals surface area contributed by atoms with Crippen LogP contribution < -0.4 is 5.32 Å². The van der Waals surface area contributed by atoms with Crippen LogP contribution in [0.1, 0.15) is 27.2 Å². The molecule has 0 saturated heterocycles. The van der Waals surface area contributed by atoms with Gasteiger partial charge in [-0.3, -0.25) is 4.99 Å². The van der Waals surface area contributed by atoms with Crippen LogP contribution in [0.3, 0.4) is 0 Å². The highest BCUT2D eigenvalue weighted by Gasteiger charge is 1.91. The lowest BCUT2D eigenvalue weighted by atomic mass is 10.2. The molecule has 2 heteroatoms. The van der Waals surface area contributed by atoms with Gasteiger partial charge in [0.1, 0.15) is 0 Å². The van der Waals surface area contributed by atoms with E-state index in [1.165, 1.54) is 5.57 Å². The number of aliphatic imine (C=N–C) groups is 1. The van der Waals surface area contributed by atoms with Gasteiger partial charge < -0.3 is 5.32 Å². The van der Waals surface area contributed by atoms with Gasteiger partial charge in [-0.25, -0.2) is 0 Å². The molecule has 2 nitrogen and oxygen atoms in total. The number of hydrogen-bond acceptors (Lipinski definition) is 2. The molecular weight excluding hydrogens is 196 g/mol. The molecule has 0 radical (unpaired) electrons. The van der Waals surface area contributed by atoms with Crippen LogP contribution in [-0.4, -0.2) is 12.8 Å². The summed E-state index contributed by atoms with van der Waals surface area (Å²) in [7, 11) is 0. The predicted molar refractivity (Wildman–Crippen MR) is 73.6 cm³/mol. The van der Waals surface area contributed by atoms with Crippen LogP contribution in [0.4, 0.5) is 0 Å². The van der Waals surface area contributed by atoms with E-state index in [1.807, 2.05) is 13.8 Å². The van der Waals surface area contributed by atoms with Crippen molar-refractivity contribution in [3.8, 4) is 0 Å². The van der Waals surface area contributed by atoms with E-state index < -0.39 is 0 Å². The zero-order chi connectivity index (χ0) is 12.2. The second kappa shape index (κ2) is 9.97. The average Bonchev–Trinajstić information content (AvgIpc) is 2.27. The van der Waals surface area contributed by atoms with Crippen molar-refractivity contribution in [1.82, 2.24) is 5.32 Å². The van der Waals surface area contributed by atoms with Crippen LogP contribution in [0.2, 0.25) is 0 Å². The van der Waals surface area contributed by atoms with Crippen molar-refractivity contribution < 1.29 is 0 Å². The van der Waals surface area contributed by atoms with Crippen LogP contribution in [0, 0.1) is 0 Å². The SMILES string of the molecule is C=CC=N/C=C(\C)NCC(/C=C\C)=C/CC. The summed E-state index contributed by atoms with van der Waals surface area (Å²) in [6, 6.07) is 0. The Labute approximate surface area is 99.2 Å². The molecule has 16 heavy (non-hydrogen) atoms. The van der Waals surface area contributed by atoms with Crippen molar-refractivity contribution in [1.29, 1.82) is 0 Å². The molecule has 0 aliphatic heterocycles. The molecule has 0 aromatic rings. The van der Waals surface area contributed by atoms with Crippen molar-refractivity contribution in [2.75, 3.05) is 6.54 Å². The Morgan fingerprint density at radius 1 is 1.44 bits per heavy atom. The Hall–Kier alpha value is -1.57. The molecule has 0 aliphatic carbocycles. The fourth-order valence-electron chi connectivity index (χ4n) is 1.18. The molecule has 88 valence electrons. The molecule has 0 saturated carbocycles. The molecule has 0 heterocycles. The lowest BCUT2D eigenvalue weighted by Gasteiger charge is -2.06. The maximum atomic E-state index is 4.05. The summed E-state index contributed by atoms with van der Waals surface area (Å²) in [5, 5.41) is 3.30. The molecule has 0 spiro atoms. The summed E-state index contributed by atoms with van der Waals surface area (Å²) in [5.41, 5.74) is 2.34. The maximum absolute atomic E-state index is 4.05. The molecule has 0 aromatic carbocycles. The summed E-state index contributed by atoms with van der Waals surface area (Å²) in [5.74, 6) is 0. The number of allylic oxidation sites excluding steroid dienone is 4. The van der Waals surface area contributed by atoms with Gasteiger partial charge in [0.05, 0.1) is 0 Å². The van der Waals surface area contributed by atoms with Crippen LogP contribution in [0.5, 0.6) is 0 Å². The molecule has 0 fully saturated rings. The van der Waals surface area contributed by atoms with E-state index in [4.69, 9.17) is 0 Å². The largest absolute Gasteiger partial charge is 0.383 e. The topological polar surface area (TPSA) is 24.4 Å². The first kappa shape index (κ1) is 14.4. The Balaban J connectivity index is 4.20. The lowest BCUT2D eigenvalue weighted by molar-refractivity contribution is 0.873. The average molecular weight is 218 g/mol. The Bertz CT molecular complexity index is 307. The Kier molecular flexibility index (Phi) is 8.99. The van der Waals surface area contributed by atoms with Gasteiger partial charge in [-0.05, 0) is 25.8 Å². The number of nitrogens with one attached hydrogen (secondary N) is 1. The first-order valence-electron chi connectivity index (χ1n) is 5.61. The predicted octanol–water partition coefficient (Wildman–Crippen LogP) is 3.61. The Morgan fingerprint density at radius 3 is 2.75 bits per heavy atom. The third-order valence-corrected chi connectivity index (χ3v) is 1.88. The van der Waals surface area contributed by atoms with Crippen molar-refractivity contribution in [3.05, 3.63) is 48.4 Å². The maximum Gasteiger partial charge on any atom is 0.0454 e. The van der Waals surface area contributed by atoms with Gasteiger partial charge in [-0.2, -0.15) is 0 Å². The van der Waals surface area contributed by atoms with Crippen LogP contribution in [0.15, 0.2) is 53.3 Å². The number of nitrogens with zero attached hydrogens (tertiary/aromatic N) is 1. The van der Waals surface area contributed by atoms with Gasteiger partial charge in [0, 0.05) is 24.7 Å². The highest BCUT2D eigenvalue weighted by atomic mass is 14.9. The summed E-state index contributed by atoms with van der Waals surface area (Å²) in [6.07, 6.45) is 12.6. The van der Waals surface area contributed by atoms with Crippen molar-refractivity contribution in [2.24, 2.45) is 4.99 Å². The van der Waals surface area contributed by atoms with Gasteiger partial charge in [0.25, 0.3) is 0 Å². The third-order valence-electron chi connectivity index (χ3n) is 1.88. The normalized spacial score (nSPS) is 13.7. The van der Waals surface area contributed by atoms with E-state index in [9.17, 15) is 0 Å². The van der Waals surface area contributed by atoms with Gasteiger partial charge in [-0.15, -0.1) is 0 Å². The highest BCUT2D eigenvalue weighted by Crippen LogP contribution is 1.99. The van der Waals surface area contributed by atoms with Crippen LogP contribution in [-0.2, 0) is 0 Å². The summed E-state index contributed by atoms with van der Waals surface area (Å²) in [4.78, 5) is 4.05. The fraction of sp³-hybridized carbons (Fsp3) is 0.357. The van der Waals surface area contributed by atoms with E-state index in [1.54, 1.807) is 18.5 Å². The highest BCUT2D eigenvalue weighted by molar-refractivity contribution is 5.70. The molecule has 0 rings (SSSR count). The molecule has 0 unspecified atom stereocenters. The minimum absolute atomic E-state index is 0.837. The third kappa shape index (κ3) is 7.80. The number of hydrogen-bond donors (Lipinski definition) is 1. The Morgan fingerprint density at radius 2 is 2.19 bits per heavy atom. The number of rotatable bonds is 7. The lowest BCUT2D eigenvalue weighted by Crippen LogP contribution is -2.13. The molecule has 0 bridgehead atoms. The molecule has 1 N–H and O–H groups in total. The van der Waals surface area contributed by atoms with Gasteiger partial charge in [-0.1, -0.05) is 37.8 Å². The first-order chi connectivity index (χ1) is 7.74. The smallest absolute Gasteiger partial charge is 0.0454 e. The van der Waals surface area contributed by atoms with Crippen LogP contribution in [0.25, 0.3) is 0 Å². The van der Waals surface area contributed by atoms with Gasteiger partial charge in [0.15, 0.2) is 0 Å². The van der Waals surface area contributed by atoms with E-state index in [-0.39, 0.29) is 0 Å². The first-order valence-corrected chi connectivity index (χ1v) is 5.61. The van der Waals surface area contributed by atoms with Crippen molar-refractivity contribution in [3.63, 3.8) is 0 Å². The quantitative estimate of drug-likeness (QED) is 0.512. The van der Waals surface area contributed by atoms with Crippen molar-refractivity contribution in [2.45, 2.75) is 27.2 Å². The minimum atomic E-state index is 0.837. The van der Waals surface area contributed by atoms with E-state index in [0.717, 1.165) is 18.7 Å².